The van der Waals surface area contributed by atoms with Crippen LogP contribution in [0.4, 0.5) is 0 Å². The molecule has 2 heterocycles. The number of halogens is 1. The van der Waals surface area contributed by atoms with Crippen LogP contribution in [0.1, 0.15) is 49.4 Å². The molecule has 154 valence electrons. The van der Waals surface area contributed by atoms with E-state index in [4.69, 9.17) is 22.1 Å². The Kier molecular flexibility index (Phi) is 4.74. The van der Waals surface area contributed by atoms with Gasteiger partial charge in [0.1, 0.15) is 22.6 Å². The van der Waals surface area contributed by atoms with Crippen LogP contribution in [0.5, 0.6) is 0 Å². The molecule has 2 N–H and O–H groups in total. The lowest BCUT2D eigenvalue weighted by atomic mass is 9.70. The minimum atomic E-state index is -0.686. The molecular formula is C23H23ClN4O2. The summed E-state index contributed by atoms with van der Waals surface area (Å²) in [5.41, 5.74) is 9.70. The summed E-state index contributed by atoms with van der Waals surface area (Å²) < 4.78 is 7.39. The van der Waals surface area contributed by atoms with Gasteiger partial charge in [0.15, 0.2) is 5.78 Å². The van der Waals surface area contributed by atoms with Crippen molar-refractivity contribution in [2.75, 3.05) is 0 Å². The molecule has 1 aromatic heterocycles. The first kappa shape index (κ1) is 20.2. The van der Waals surface area contributed by atoms with Crippen molar-refractivity contribution in [1.82, 2.24) is 9.78 Å². The number of hydrogen-bond acceptors (Lipinski definition) is 5. The number of nitriles is 1. The largest absolute Gasteiger partial charge is 0.444 e. The van der Waals surface area contributed by atoms with E-state index in [0.29, 0.717) is 40.6 Å². The first-order valence-electron chi connectivity index (χ1n) is 9.79. The summed E-state index contributed by atoms with van der Waals surface area (Å²) in [5, 5.41) is 14.8. The Morgan fingerprint density at radius 3 is 2.57 bits per heavy atom. The summed E-state index contributed by atoms with van der Waals surface area (Å²) in [5.74, 6) is -0.194. The van der Waals surface area contributed by atoms with Gasteiger partial charge >= 0.3 is 0 Å². The molecule has 0 unspecified atom stereocenters. The summed E-state index contributed by atoms with van der Waals surface area (Å²) in [6.45, 7) is 7.86. The summed E-state index contributed by atoms with van der Waals surface area (Å²) in [6.07, 6.45) is 0.930. The molecule has 0 saturated heterocycles. The number of nitrogens with two attached hydrogens (primary N) is 1. The fourth-order valence-electron chi connectivity index (χ4n) is 4.27. The SMILES string of the molecule is Cc1ccc(-n2nc(C)c([C@H]3C(C#N)=C(N)OC4=C3C(=O)CC(C)(C)C4)c2Cl)cc1. The van der Waals surface area contributed by atoms with Gasteiger partial charge in [-0.3, -0.25) is 4.79 Å². The monoisotopic (exact) mass is 422 g/mol. The summed E-state index contributed by atoms with van der Waals surface area (Å²) in [4.78, 5) is 13.2. The van der Waals surface area contributed by atoms with Crippen molar-refractivity contribution in [2.45, 2.75) is 46.5 Å². The molecule has 1 aromatic carbocycles. The molecule has 0 fully saturated rings. The lowest BCUT2D eigenvalue weighted by Gasteiger charge is -2.37. The second-order valence-corrected chi connectivity index (χ2v) is 9.10. The van der Waals surface area contributed by atoms with Gasteiger partial charge in [-0.1, -0.05) is 43.1 Å². The number of hydrogen-bond donors (Lipinski definition) is 1. The predicted octanol–water partition coefficient (Wildman–Crippen LogP) is 4.59. The Morgan fingerprint density at radius 2 is 1.93 bits per heavy atom. The second-order valence-electron chi connectivity index (χ2n) is 8.74. The van der Waals surface area contributed by atoms with Gasteiger partial charge < -0.3 is 10.5 Å². The zero-order valence-corrected chi connectivity index (χ0v) is 18.2. The van der Waals surface area contributed by atoms with Gasteiger partial charge in [0, 0.05) is 24.0 Å². The number of ether oxygens (including phenoxy) is 1. The zero-order valence-electron chi connectivity index (χ0n) is 17.4. The van der Waals surface area contributed by atoms with Gasteiger partial charge in [0.05, 0.1) is 17.3 Å². The van der Waals surface area contributed by atoms with Crippen LogP contribution < -0.4 is 5.73 Å². The quantitative estimate of drug-likeness (QED) is 0.763. The molecule has 6 nitrogen and oxygen atoms in total. The fourth-order valence-corrected chi connectivity index (χ4v) is 4.65. The van der Waals surface area contributed by atoms with Crippen LogP contribution in [-0.4, -0.2) is 15.6 Å². The third-order valence-electron chi connectivity index (χ3n) is 5.69. The highest BCUT2D eigenvalue weighted by molar-refractivity contribution is 6.31. The van der Waals surface area contributed by atoms with Crippen molar-refractivity contribution < 1.29 is 9.53 Å². The molecule has 1 aliphatic carbocycles. The van der Waals surface area contributed by atoms with Crippen molar-refractivity contribution in [1.29, 1.82) is 5.26 Å². The van der Waals surface area contributed by atoms with Crippen molar-refractivity contribution in [3.05, 3.63) is 69.0 Å². The normalized spacial score (nSPS) is 20.7. The second kappa shape index (κ2) is 7.03. The molecule has 0 radical (unpaired) electrons. The Hall–Kier alpha value is -3.04. The molecule has 4 rings (SSSR count). The maximum atomic E-state index is 13.2. The number of carbonyl (C=O) groups is 1. The summed E-state index contributed by atoms with van der Waals surface area (Å²) in [6, 6.07) is 9.94. The molecule has 0 spiro atoms. The minimum absolute atomic E-state index is 0.0188. The van der Waals surface area contributed by atoms with E-state index >= 15 is 0 Å². The molecule has 2 aromatic rings. The number of Topliss-reactive ketones (excluding diaryl/α,β-unsaturated/α-hetero) is 1. The van der Waals surface area contributed by atoms with E-state index in [1.165, 1.54) is 0 Å². The van der Waals surface area contributed by atoms with Crippen LogP contribution in [0, 0.1) is 30.6 Å². The molecule has 1 atom stereocenters. The average molecular weight is 423 g/mol. The number of allylic oxidation sites excluding steroid dienone is 3. The number of aromatic nitrogens is 2. The van der Waals surface area contributed by atoms with Gasteiger partial charge in [0.2, 0.25) is 5.88 Å². The smallest absolute Gasteiger partial charge is 0.205 e. The Labute approximate surface area is 180 Å². The number of rotatable bonds is 2. The van der Waals surface area contributed by atoms with Crippen molar-refractivity contribution in [3.63, 3.8) is 0 Å². The number of nitrogens with zero attached hydrogens (tertiary/aromatic N) is 3. The molecule has 30 heavy (non-hydrogen) atoms. The van der Waals surface area contributed by atoms with Crippen LogP contribution in [0.25, 0.3) is 5.69 Å². The minimum Gasteiger partial charge on any atom is -0.444 e. The van der Waals surface area contributed by atoms with E-state index in [2.05, 4.69) is 11.2 Å². The first-order valence-corrected chi connectivity index (χ1v) is 10.2. The van der Waals surface area contributed by atoms with Gasteiger partial charge in [-0.15, -0.1) is 0 Å². The maximum absolute atomic E-state index is 13.2. The zero-order chi connectivity index (χ0) is 21.8. The third kappa shape index (κ3) is 3.20. The van der Waals surface area contributed by atoms with E-state index in [1.54, 1.807) is 4.68 Å². The van der Waals surface area contributed by atoms with Crippen molar-refractivity contribution in [3.8, 4) is 11.8 Å². The summed E-state index contributed by atoms with van der Waals surface area (Å²) >= 11 is 6.80. The number of benzene rings is 1. The summed E-state index contributed by atoms with van der Waals surface area (Å²) in [7, 11) is 0. The maximum Gasteiger partial charge on any atom is 0.205 e. The Morgan fingerprint density at radius 1 is 1.27 bits per heavy atom. The van der Waals surface area contributed by atoms with Crippen LogP contribution in [0.2, 0.25) is 5.15 Å². The van der Waals surface area contributed by atoms with Crippen LogP contribution >= 0.6 is 11.6 Å². The van der Waals surface area contributed by atoms with Gasteiger partial charge in [-0.25, -0.2) is 4.68 Å². The van der Waals surface area contributed by atoms with Crippen LogP contribution in [-0.2, 0) is 9.53 Å². The topological polar surface area (TPSA) is 93.9 Å². The number of ketones is 1. The molecule has 7 heteroatoms. The lowest BCUT2D eigenvalue weighted by Crippen LogP contribution is -2.33. The van der Waals surface area contributed by atoms with E-state index in [9.17, 15) is 10.1 Å². The van der Waals surface area contributed by atoms with Crippen LogP contribution in [0.15, 0.2) is 47.1 Å². The van der Waals surface area contributed by atoms with E-state index in [-0.39, 0.29) is 22.7 Å². The van der Waals surface area contributed by atoms with Crippen LogP contribution in [0.3, 0.4) is 0 Å². The van der Waals surface area contributed by atoms with E-state index in [1.807, 2.05) is 52.0 Å². The number of carbonyl (C=O) groups excluding carboxylic acids is 1. The molecule has 0 bridgehead atoms. The van der Waals surface area contributed by atoms with Gasteiger partial charge in [0.25, 0.3) is 0 Å². The molecule has 0 saturated carbocycles. The van der Waals surface area contributed by atoms with E-state index < -0.39 is 5.92 Å². The van der Waals surface area contributed by atoms with Crippen molar-refractivity contribution in [2.24, 2.45) is 11.1 Å². The first-order chi connectivity index (χ1) is 14.1. The molecule has 1 aliphatic heterocycles. The standard InChI is InChI=1S/C23H23ClN4O2/c1-12-5-7-14(8-6-12)28-21(24)18(13(2)27-28)19-15(11-25)22(26)30-17-10-23(3,4)9-16(29)20(17)19/h5-8,19H,9-10,26H2,1-4H3/t19-/m1/s1. The van der Waals surface area contributed by atoms with Gasteiger partial charge in [-0.05, 0) is 31.4 Å². The molecule has 0 amide bonds. The van der Waals surface area contributed by atoms with E-state index in [0.717, 1.165) is 11.3 Å². The highest BCUT2D eigenvalue weighted by atomic mass is 35.5. The number of aryl methyl sites for hydroxylation is 2. The fraction of sp³-hybridized carbons (Fsp3) is 0.348. The van der Waals surface area contributed by atoms with Gasteiger partial charge in [-0.2, -0.15) is 10.4 Å². The Bertz CT molecular complexity index is 1160. The lowest BCUT2D eigenvalue weighted by molar-refractivity contribution is -0.119. The predicted molar refractivity (Wildman–Crippen MR) is 114 cm³/mol. The van der Waals surface area contributed by atoms with Crippen molar-refractivity contribution >= 4 is 17.4 Å². The molecular weight excluding hydrogens is 400 g/mol. The highest BCUT2D eigenvalue weighted by Gasteiger charge is 2.44. The third-order valence-corrected chi connectivity index (χ3v) is 6.05. The Balaban J connectivity index is 1.92. The highest BCUT2D eigenvalue weighted by Crippen LogP contribution is 2.49. The molecule has 2 aliphatic rings. The average Bonchev–Trinajstić information content (AvgIpc) is 2.94.